The van der Waals surface area contributed by atoms with Crippen LogP contribution >= 0.6 is 0 Å². The predicted octanol–water partition coefficient (Wildman–Crippen LogP) is 2.87. The van der Waals surface area contributed by atoms with Gasteiger partial charge in [0.2, 0.25) is 10.0 Å². The minimum atomic E-state index is -3.94. The second-order valence-electron chi connectivity index (χ2n) is 6.61. The number of carbonyl (C=O) groups excluding carboxylic acids is 2. The number of nitrogens with zero attached hydrogens (tertiary/aromatic N) is 2. The van der Waals surface area contributed by atoms with Gasteiger partial charge in [-0.15, -0.1) is 0 Å². The minimum Gasteiger partial charge on any atom is -0.452 e. The average Bonchev–Trinajstić information content (AvgIpc) is 2.74. The van der Waals surface area contributed by atoms with E-state index in [4.69, 9.17) is 4.74 Å². The quantitative estimate of drug-likeness (QED) is 0.340. The fourth-order valence-corrected chi connectivity index (χ4v) is 4.31. The number of aryl methyl sites for hydroxylation is 1. The molecule has 1 amide bonds. The molecule has 172 valence electrons. The van der Waals surface area contributed by atoms with Gasteiger partial charge in [-0.05, 0) is 31.2 Å². The van der Waals surface area contributed by atoms with Crippen molar-refractivity contribution >= 4 is 33.3 Å². The first kappa shape index (κ1) is 24.9. The van der Waals surface area contributed by atoms with Crippen LogP contribution in [0.5, 0.6) is 0 Å². The second kappa shape index (κ2) is 10.3. The van der Waals surface area contributed by atoms with E-state index in [-0.39, 0.29) is 29.4 Å². The van der Waals surface area contributed by atoms with Gasteiger partial charge in [-0.1, -0.05) is 19.9 Å². The highest BCUT2D eigenvalue weighted by Gasteiger charge is 2.25. The van der Waals surface area contributed by atoms with Crippen LogP contribution in [-0.4, -0.2) is 49.2 Å². The SMILES string of the molecule is CCN(CC)S(=O)(=O)c1ccc(F)c(C(=O)OCC(=O)Nc2ccc(C)c([N+](=O)[O-])c2)c1. The number of ether oxygens (including phenoxy) is 1. The van der Waals surface area contributed by atoms with Crippen molar-refractivity contribution in [2.24, 2.45) is 0 Å². The molecule has 0 radical (unpaired) electrons. The number of hydrogen-bond donors (Lipinski definition) is 1. The van der Waals surface area contributed by atoms with Crippen molar-refractivity contribution in [2.75, 3.05) is 25.0 Å². The lowest BCUT2D eigenvalue weighted by atomic mass is 10.2. The number of hydrogen-bond acceptors (Lipinski definition) is 7. The number of carbonyl (C=O) groups is 2. The Bertz CT molecular complexity index is 1150. The van der Waals surface area contributed by atoms with Crippen molar-refractivity contribution < 1.29 is 32.1 Å². The van der Waals surface area contributed by atoms with Crippen LogP contribution in [0.15, 0.2) is 41.3 Å². The molecule has 0 aromatic heterocycles. The van der Waals surface area contributed by atoms with Crippen LogP contribution in [-0.2, 0) is 19.6 Å². The summed E-state index contributed by atoms with van der Waals surface area (Å²) in [4.78, 5) is 34.4. The average molecular weight is 467 g/mol. The third-order valence-corrected chi connectivity index (χ3v) is 6.57. The van der Waals surface area contributed by atoms with Gasteiger partial charge in [-0.3, -0.25) is 14.9 Å². The van der Waals surface area contributed by atoms with Gasteiger partial charge in [0.1, 0.15) is 5.82 Å². The number of rotatable bonds is 9. The van der Waals surface area contributed by atoms with Crippen LogP contribution in [0.2, 0.25) is 0 Å². The molecule has 12 heteroatoms. The maximum atomic E-state index is 14.1. The fraction of sp³-hybridized carbons (Fsp3) is 0.300. The molecular weight excluding hydrogens is 445 g/mol. The van der Waals surface area contributed by atoms with E-state index in [9.17, 15) is 32.5 Å². The Kier molecular flexibility index (Phi) is 8.00. The smallest absolute Gasteiger partial charge is 0.341 e. The summed E-state index contributed by atoms with van der Waals surface area (Å²) in [6.07, 6.45) is 0. The van der Waals surface area contributed by atoms with E-state index in [1.807, 2.05) is 0 Å². The largest absolute Gasteiger partial charge is 0.452 e. The molecule has 2 aromatic carbocycles. The van der Waals surface area contributed by atoms with E-state index in [2.05, 4.69) is 5.32 Å². The number of benzene rings is 2. The molecule has 0 saturated heterocycles. The van der Waals surface area contributed by atoms with Gasteiger partial charge in [0, 0.05) is 30.4 Å². The number of nitro benzene ring substituents is 1. The van der Waals surface area contributed by atoms with Gasteiger partial charge in [0.05, 0.1) is 15.4 Å². The second-order valence-corrected chi connectivity index (χ2v) is 8.55. The highest BCUT2D eigenvalue weighted by molar-refractivity contribution is 7.89. The first-order valence-corrected chi connectivity index (χ1v) is 11.0. The number of sulfonamides is 1. The molecule has 0 aliphatic rings. The zero-order valence-electron chi connectivity index (χ0n) is 17.6. The van der Waals surface area contributed by atoms with Crippen LogP contribution in [0.1, 0.15) is 29.8 Å². The molecule has 0 aliphatic carbocycles. The lowest BCUT2D eigenvalue weighted by Crippen LogP contribution is -2.30. The summed E-state index contributed by atoms with van der Waals surface area (Å²) >= 11 is 0. The van der Waals surface area contributed by atoms with Crippen LogP contribution in [0.3, 0.4) is 0 Å². The highest BCUT2D eigenvalue weighted by atomic mass is 32.2. The molecule has 0 saturated carbocycles. The van der Waals surface area contributed by atoms with Crippen molar-refractivity contribution in [2.45, 2.75) is 25.7 Å². The molecular formula is C20H22FN3O7S. The molecule has 1 N–H and O–H groups in total. The van der Waals surface area contributed by atoms with E-state index in [0.717, 1.165) is 28.6 Å². The Balaban J connectivity index is 2.12. The molecule has 0 aliphatic heterocycles. The van der Waals surface area contributed by atoms with Crippen LogP contribution in [0.25, 0.3) is 0 Å². The van der Waals surface area contributed by atoms with Crippen molar-refractivity contribution in [3.05, 3.63) is 63.5 Å². The molecule has 32 heavy (non-hydrogen) atoms. The van der Waals surface area contributed by atoms with E-state index in [0.29, 0.717) is 5.56 Å². The van der Waals surface area contributed by atoms with Crippen LogP contribution in [0, 0.1) is 22.9 Å². The van der Waals surface area contributed by atoms with E-state index < -0.39 is 44.8 Å². The lowest BCUT2D eigenvalue weighted by molar-refractivity contribution is -0.385. The Morgan fingerprint density at radius 2 is 1.81 bits per heavy atom. The monoisotopic (exact) mass is 467 g/mol. The Hall–Kier alpha value is -3.38. The molecule has 0 fully saturated rings. The van der Waals surface area contributed by atoms with Gasteiger partial charge in [0.25, 0.3) is 11.6 Å². The summed E-state index contributed by atoms with van der Waals surface area (Å²) in [5.74, 6) is -3.06. The molecule has 0 atom stereocenters. The standard InChI is InChI=1S/C20H22FN3O7S/c1-4-23(5-2)32(29,30)15-8-9-17(21)16(11-15)20(26)31-12-19(25)22-14-7-6-13(3)18(10-14)24(27)28/h6-11H,4-5,12H2,1-3H3,(H,22,25). The van der Waals surface area contributed by atoms with Gasteiger partial charge in [-0.2, -0.15) is 4.31 Å². The van der Waals surface area contributed by atoms with E-state index >= 15 is 0 Å². The Morgan fingerprint density at radius 1 is 1.16 bits per heavy atom. The van der Waals surface area contributed by atoms with Crippen LogP contribution < -0.4 is 5.32 Å². The molecule has 2 rings (SSSR count). The van der Waals surface area contributed by atoms with Crippen molar-refractivity contribution in [3.8, 4) is 0 Å². The van der Waals surface area contributed by atoms with Crippen LogP contribution in [0.4, 0.5) is 15.8 Å². The van der Waals surface area contributed by atoms with Gasteiger partial charge in [-0.25, -0.2) is 17.6 Å². The topological polar surface area (TPSA) is 136 Å². The maximum Gasteiger partial charge on any atom is 0.341 e. The third kappa shape index (κ3) is 5.65. The molecule has 10 nitrogen and oxygen atoms in total. The first-order chi connectivity index (χ1) is 15.0. The number of halogens is 1. The molecule has 0 heterocycles. The zero-order valence-corrected chi connectivity index (χ0v) is 18.4. The Morgan fingerprint density at radius 3 is 2.41 bits per heavy atom. The highest BCUT2D eigenvalue weighted by Crippen LogP contribution is 2.22. The normalized spacial score (nSPS) is 11.3. The van der Waals surface area contributed by atoms with Gasteiger partial charge < -0.3 is 10.1 Å². The van der Waals surface area contributed by atoms with Crippen molar-refractivity contribution in [1.29, 1.82) is 0 Å². The van der Waals surface area contributed by atoms with Gasteiger partial charge in [0.15, 0.2) is 6.61 Å². The van der Waals surface area contributed by atoms with E-state index in [1.165, 1.54) is 19.1 Å². The maximum absolute atomic E-state index is 14.1. The summed E-state index contributed by atoms with van der Waals surface area (Å²) in [7, 11) is -3.94. The molecule has 2 aromatic rings. The molecule has 0 spiro atoms. The van der Waals surface area contributed by atoms with Crippen molar-refractivity contribution in [1.82, 2.24) is 4.31 Å². The lowest BCUT2D eigenvalue weighted by Gasteiger charge is -2.18. The number of anilines is 1. The summed E-state index contributed by atoms with van der Waals surface area (Å²) in [5, 5.41) is 13.3. The Labute approximate surface area is 184 Å². The molecule has 0 unspecified atom stereocenters. The summed E-state index contributed by atoms with van der Waals surface area (Å²) in [6, 6.07) is 6.75. The number of esters is 1. The number of amides is 1. The van der Waals surface area contributed by atoms with Gasteiger partial charge >= 0.3 is 5.97 Å². The third-order valence-electron chi connectivity index (χ3n) is 4.52. The summed E-state index contributed by atoms with van der Waals surface area (Å²) in [6.45, 7) is 4.38. The predicted molar refractivity (Wildman–Crippen MR) is 113 cm³/mol. The molecule has 0 bridgehead atoms. The zero-order chi connectivity index (χ0) is 24.1. The first-order valence-electron chi connectivity index (χ1n) is 9.53. The number of nitrogens with one attached hydrogen (secondary N) is 1. The fourth-order valence-electron chi connectivity index (χ4n) is 2.82. The minimum absolute atomic E-state index is 0.113. The summed E-state index contributed by atoms with van der Waals surface area (Å²) in [5.41, 5.74) is -0.332. The summed E-state index contributed by atoms with van der Waals surface area (Å²) < 4.78 is 45.2. The van der Waals surface area contributed by atoms with Crippen molar-refractivity contribution in [3.63, 3.8) is 0 Å². The number of nitro groups is 1. The van der Waals surface area contributed by atoms with E-state index in [1.54, 1.807) is 13.8 Å².